The molecule has 0 saturated carbocycles. The highest BCUT2D eigenvalue weighted by Crippen LogP contribution is 2.25. The van der Waals surface area contributed by atoms with E-state index < -0.39 is 0 Å². The fourth-order valence-electron chi connectivity index (χ4n) is 1.50. The van der Waals surface area contributed by atoms with Crippen LogP contribution in [-0.4, -0.2) is 18.6 Å². The van der Waals surface area contributed by atoms with E-state index in [1.165, 1.54) is 18.2 Å². The fourth-order valence-corrected chi connectivity index (χ4v) is 1.50. The number of rotatable bonds is 7. The second kappa shape index (κ2) is 9.55. The zero-order valence-electron chi connectivity index (χ0n) is 11.8. The number of anilines is 1. The van der Waals surface area contributed by atoms with Crippen LogP contribution in [0.4, 0.5) is 10.1 Å². The van der Waals surface area contributed by atoms with Crippen molar-refractivity contribution in [3.63, 3.8) is 0 Å². The van der Waals surface area contributed by atoms with Gasteiger partial charge in [0.2, 0.25) is 5.91 Å². The highest BCUT2D eigenvalue weighted by atomic mass is 35.5. The maximum atomic E-state index is 13.2. The third kappa shape index (κ3) is 6.73. The van der Waals surface area contributed by atoms with Crippen molar-refractivity contribution in [3.8, 4) is 5.75 Å². The van der Waals surface area contributed by atoms with E-state index in [0.717, 1.165) is 6.42 Å². The first-order chi connectivity index (χ1) is 9.02. The van der Waals surface area contributed by atoms with Gasteiger partial charge in [-0.25, -0.2) is 4.39 Å². The number of hydrogen-bond donors (Lipinski definition) is 2. The van der Waals surface area contributed by atoms with Gasteiger partial charge < -0.3 is 15.8 Å². The quantitative estimate of drug-likeness (QED) is 0.813. The van der Waals surface area contributed by atoms with Crippen LogP contribution < -0.4 is 15.8 Å². The van der Waals surface area contributed by atoms with E-state index >= 15 is 0 Å². The number of nitrogens with one attached hydrogen (secondary N) is 1. The molecule has 0 aliphatic rings. The maximum Gasteiger partial charge on any atom is 0.224 e. The molecule has 1 aromatic carbocycles. The van der Waals surface area contributed by atoms with Crippen LogP contribution in [0.1, 0.15) is 33.1 Å². The van der Waals surface area contributed by atoms with Crippen LogP contribution >= 0.6 is 12.4 Å². The van der Waals surface area contributed by atoms with Crippen molar-refractivity contribution in [1.82, 2.24) is 0 Å². The molecule has 0 saturated heterocycles. The van der Waals surface area contributed by atoms with Crippen molar-refractivity contribution in [3.05, 3.63) is 24.0 Å². The lowest BCUT2D eigenvalue weighted by molar-refractivity contribution is -0.116. The molecular formula is C14H22ClFN2O2. The molecule has 0 aliphatic carbocycles. The number of hydrogen-bond acceptors (Lipinski definition) is 3. The van der Waals surface area contributed by atoms with E-state index in [4.69, 9.17) is 10.5 Å². The van der Waals surface area contributed by atoms with Crippen molar-refractivity contribution in [2.45, 2.75) is 39.2 Å². The second-order valence-corrected chi connectivity index (χ2v) is 4.55. The topological polar surface area (TPSA) is 64.3 Å². The lowest BCUT2D eigenvalue weighted by atomic mass is 10.2. The summed E-state index contributed by atoms with van der Waals surface area (Å²) in [5, 5.41) is 2.72. The number of nitrogens with two attached hydrogens (primary N) is 1. The van der Waals surface area contributed by atoms with Crippen molar-refractivity contribution in [2.24, 2.45) is 5.73 Å². The largest absolute Gasteiger partial charge is 0.491 e. The van der Waals surface area contributed by atoms with Gasteiger partial charge in [-0.3, -0.25) is 4.79 Å². The Morgan fingerprint density at radius 3 is 2.80 bits per heavy atom. The van der Waals surface area contributed by atoms with Gasteiger partial charge in [-0.05, 0) is 31.9 Å². The number of carbonyl (C=O) groups excluding carboxylic acids is 1. The van der Waals surface area contributed by atoms with E-state index in [2.05, 4.69) is 5.32 Å². The van der Waals surface area contributed by atoms with E-state index in [-0.39, 0.29) is 30.2 Å². The number of benzene rings is 1. The summed E-state index contributed by atoms with van der Waals surface area (Å²) in [5.74, 6) is -0.180. The van der Waals surface area contributed by atoms with Crippen molar-refractivity contribution in [1.29, 1.82) is 0 Å². The predicted octanol–water partition coefficient (Wildman–Crippen LogP) is 3.10. The first-order valence-electron chi connectivity index (χ1n) is 6.50. The van der Waals surface area contributed by atoms with E-state index in [0.29, 0.717) is 30.9 Å². The summed E-state index contributed by atoms with van der Waals surface area (Å²) in [4.78, 5) is 11.7. The lowest BCUT2D eigenvalue weighted by Gasteiger charge is -2.12. The molecule has 1 amide bonds. The third-order valence-electron chi connectivity index (χ3n) is 2.51. The second-order valence-electron chi connectivity index (χ2n) is 4.55. The Labute approximate surface area is 125 Å². The molecule has 4 nitrogen and oxygen atoms in total. The fraction of sp³-hybridized carbons (Fsp3) is 0.500. The molecule has 0 aromatic heterocycles. The van der Waals surface area contributed by atoms with Crippen LogP contribution in [0.25, 0.3) is 0 Å². The van der Waals surface area contributed by atoms with Gasteiger partial charge in [-0.2, -0.15) is 0 Å². The van der Waals surface area contributed by atoms with Gasteiger partial charge in [0.15, 0.2) is 0 Å². The van der Waals surface area contributed by atoms with Crippen LogP contribution in [0, 0.1) is 5.82 Å². The Morgan fingerprint density at radius 1 is 1.50 bits per heavy atom. The zero-order valence-corrected chi connectivity index (χ0v) is 12.6. The highest BCUT2D eigenvalue weighted by Gasteiger charge is 2.10. The molecule has 0 bridgehead atoms. The first-order valence-corrected chi connectivity index (χ1v) is 6.50. The molecule has 0 radical (unpaired) electrons. The summed E-state index contributed by atoms with van der Waals surface area (Å²) in [5.41, 5.74) is 6.09. The van der Waals surface area contributed by atoms with Crippen LogP contribution in [0.15, 0.2) is 18.2 Å². The van der Waals surface area contributed by atoms with Crippen molar-refractivity contribution < 1.29 is 13.9 Å². The molecule has 0 fully saturated rings. The Hall–Kier alpha value is -1.33. The van der Waals surface area contributed by atoms with Crippen molar-refractivity contribution in [2.75, 3.05) is 11.9 Å². The minimum absolute atomic E-state index is 0. The smallest absolute Gasteiger partial charge is 0.224 e. The molecule has 0 aliphatic heterocycles. The number of amides is 1. The van der Waals surface area contributed by atoms with Gasteiger partial charge in [0.05, 0.1) is 12.3 Å². The monoisotopic (exact) mass is 304 g/mol. The minimum atomic E-state index is -0.389. The van der Waals surface area contributed by atoms with E-state index in [1.54, 1.807) is 0 Å². The predicted molar refractivity (Wildman–Crippen MR) is 80.9 cm³/mol. The molecule has 6 heteroatoms. The molecule has 1 unspecified atom stereocenters. The molecule has 3 N–H and O–H groups in total. The van der Waals surface area contributed by atoms with Crippen LogP contribution in [0.3, 0.4) is 0 Å². The minimum Gasteiger partial charge on any atom is -0.491 e. The average molecular weight is 305 g/mol. The summed E-state index contributed by atoms with van der Waals surface area (Å²) < 4.78 is 18.6. The molecule has 1 aromatic rings. The average Bonchev–Trinajstić information content (AvgIpc) is 2.36. The van der Waals surface area contributed by atoms with Crippen molar-refractivity contribution >= 4 is 24.0 Å². The molecule has 0 spiro atoms. The maximum absolute atomic E-state index is 13.2. The molecular weight excluding hydrogens is 283 g/mol. The normalized spacial score (nSPS) is 11.4. The zero-order chi connectivity index (χ0) is 14.3. The molecule has 1 rings (SSSR count). The van der Waals surface area contributed by atoms with E-state index in [1.807, 2.05) is 13.8 Å². The van der Waals surface area contributed by atoms with Crippen LogP contribution in [-0.2, 0) is 4.79 Å². The van der Waals surface area contributed by atoms with E-state index in [9.17, 15) is 9.18 Å². The summed E-state index contributed by atoms with van der Waals surface area (Å²) >= 11 is 0. The summed E-state index contributed by atoms with van der Waals surface area (Å²) in [7, 11) is 0. The molecule has 20 heavy (non-hydrogen) atoms. The van der Waals surface area contributed by atoms with Crippen LogP contribution in [0.5, 0.6) is 5.75 Å². The molecule has 114 valence electrons. The van der Waals surface area contributed by atoms with Gasteiger partial charge >= 0.3 is 0 Å². The summed E-state index contributed by atoms with van der Waals surface area (Å²) in [6.45, 7) is 4.29. The first kappa shape index (κ1) is 18.7. The Balaban J connectivity index is 0.00000361. The molecule has 0 heterocycles. The van der Waals surface area contributed by atoms with Gasteiger partial charge in [-0.1, -0.05) is 6.92 Å². The van der Waals surface area contributed by atoms with Gasteiger partial charge in [0.25, 0.3) is 0 Å². The van der Waals surface area contributed by atoms with Crippen LogP contribution in [0.2, 0.25) is 0 Å². The Morgan fingerprint density at radius 2 is 2.20 bits per heavy atom. The Kier molecular flexibility index (Phi) is 8.92. The lowest BCUT2D eigenvalue weighted by Crippen LogP contribution is -2.19. The van der Waals surface area contributed by atoms with Gasteiger partial charge in [0, 0.05) is 18.5 Å². The summed E-state index contributed by atoms with van der Waals surface area (Å²) in [6, 6.07) is 4.05. The highest BCUT2D eigenvalue weighted by molar-refractivity contribution is 5.92. The van der Waals surface area contributed by atoms with Gasteiger partial charge in [0.1, 0.15) is 11.6 Å². The standard InChI is InChI=1S/C14H21FN2O2.ClH/c1-3-8-19-13-9-11(15)5-6-12(13)17-14(18)7-4-10(2)16;/h5-6,9-10H,3-4,7-8,16H2,1-2H3,(H,17,18);1H. The third-order valence-corrected chi connectivity index (χ3v) is 2.51. The molecule has 1 atom stereocenters. The van der Waals surface area contributed by atoms with Gasteiger partial charge in [-0.15, -0.1) is 12.4 Å². The number of ether oxygens (including phenoxy) is 1. The Bertz CT molecular complexity index is 428. The summed E-state index contributed by atoms with van der Waals surface area (Å²) in [6.07, 6.45) is 1.76. The number of carbonyl (C=O) groups is 1. The number of halogens is 2. The SMILES string of the molecule is CCCOc1cc(F)ccc1NC(=O)CCC(C)N.Cl.